The molecule has 0 unspecified atom stereocenters. The second-order valence-corrected chi connectivity index (χ2v) is 8.56. The van der Waals surface area contributed by atoms with Crippen LogP contribution in [0.3, 0.4) is 0 Å². The normalized spacial score (nSPS) is 12.9. The van der Waals surface area contributed by atoms with Gasteiger partial charge < -0.3 is 0 Å². The van der Waals surface area contributed by atoms with Crippen molar-refractivity contribution in [3.05, 3.63) is 114 Å². The van der Waals surface area contributed by atoms with Crippen LogP contribution in [0.25, 0.3) is 49.9 Å². The van der Waals surface area contributed by atoms with Gasteiger partial charge in [0.25, 0.3) is 0 Å². The Morgan fingerprint density at radius 3 is 1.74 bits per heavy atom. The average Bonchev–Trinajstić information content (AvgIpc) is 2.83. The molecular formula is C31H24. The van der Waals surface area contributed by atoms with E-state index in [1.807, 2.05) is 0 Å². The van der Waals surface area contributed by atoms with Crippen LogP contribution in [-0.2, 0) is 6.42 Å². The highest BCUT2D eigenvalue weighted by Gasteiger charge is 2.17. The molecule has 0 heteroatoms. The lowest BCUT2D eigenvalue weighted by molar-refractivity contribution is 0.986. The van der Waals surface area contributed by atoms with Gasteiger partial charge in [0.2, 0.25) is 0 Å². The maximum atomic E-state index is 2.38. The maximum absolute atomic E-state index is 2.38. The zero-order valence-corrected chi connectivity index (χ0v) is 17.7. The van der Waals surface area contributed by atoms with E-state index in [1.165, 1.54) is 60.5 Å². The van der Waals surface area contributed by atoms with Gasteiger partial charge in [0, 0.05) is 0 Å². The van der Waals surface area contributed by atoms with Crippen LogP contribution in [0.1, 0.15) is 23.1 Å². The van der Waals surface area contributed by atoms with Crippen LogP contribution in [-0.4, -0.2) is 0 Å². The van der Waals surface area contributed by atoms with Gasteiger partial charge >= 0.3 is 0 Å². The lowest BCUT2D eigenvalue weighted by atomic mass is 9.84. The highest BCUT2D eigenvalue weighted by molar-refractivity contribution is 6.21. The average molecular weight is 397 g/mol. The van der Waals surface area contributed by atoms with Crippen molar-refractivity contribution in [3.63, 3.8) is 0 Å². The molecule has 0 aromatic heterocycles. The van der Waals surface area contributed by atoms with Crippen molar-refractivity contribution in [2.24, 2.45) is 0 Å². The van der Waals surface area contributed by atoms with E-state index >= 15 is 0 Å². The Morgan fingerprint density at radius 1 is 0.581 bits per heavy atom. The van der Waals surface area contributed by atoms with Gasteiger partial charge in [0.05, 0.1) is 0 Å². The van der Waals surface area contributed by atoms with Crippen molar-refractivity contribution in [1.82, 2.24) is 0 Å². The first-order chi connectivity index (χ1) is 15.3. The van der Waals surface area contributed by atoms with Gasteiger partial charge in [0.15, 0.2) is 0 Å². The van der Waals surface area contributed by atoms with Crippen molar-refractivity contribution in [1.29, 1.82) is 0 Å². The zero-order chi connectivity index (χ0) is 20.8. The molecule has 31 heavy (non-hydrogen) atoms. The molecular weight excluding hydrogens is 372 g/mol. The van der Waals surface area contributed by atoms with Crippen LogP contribution >= 0.6 is 0 Å². The zero-order valence-electron chi connectivity index (χ0n) is 17.7. The summed E-state index contributed by atoms with van der Waals surface area (Å²) in [6.07, 6.45) is 6.86. The third-order valence-corrected chi connectivity index (χ3v) is 6.58. The van der Waals surface area contributed by atoms with Crippen molar-refractivity contribution < 1.29 is 0 Å². The predicted molar refractivity (Wildman–Crippen MR) is 134 cm³/mol. The number of hydrogen-bond donors (Lipinski definition) is 0. The standard InChI is InChI=1S/C31H24/c1-21-14-16-23(17-15-21)30-26-10-4-6-12-28(26)31(29-13-7-5-11-27(29)30)25-19-18-22-8-2-3-9-24(22)20-25/h3-7,9-20H,2,8H2,1H3. The fraction of sp³-hybridized carbons (Fsp3) is 0.0968. The minimum Gasteiger partial charge on any atom is -0.0836 e. The number of benzene rings is 5. The molecule has 5 aromatic rings. The van der Waals surface area contributed by atoms with Crippen molar-refractivity contribution in [3.8, 4) is 22.3 Å². The number of fused-ring (bicyclic) bond motifs is 3. The number of allylic oxidation sites excluding steroid dienone is 1. The van der Waals surface area contributed by atoms with E-state index in [-0.39, 0.29) is 0 Å². The summed E-state index contributed by atoms with van der Waals surface area (Å²) in [4.78, 5) is 0. The first-order valence-electron chi connectivity index (χ1n) is 11.1. The molecule has 0 spiro atoms. The van der Waals surface area contributed by atoms with Gasteiger partial charge in [-0.15, -0.1) is 0 Å². The van der Waals surface area contributed by atoms with Crippen molar-refractivity contribution >= 4 is 27.6 Å². The smallest absolute Gasteiger partial charge is 0.00262 e. The van der Waals surface area contributed by atoms with Gasteiger partial charge in [-0.1, -0.05) is 103 Å². The molecule has 0 heterocycles. The maximum Gasteiger partial charge on any atom is -0.00262 e. The molecule has 0 N–H and O–H groups in total. The fourth-order valence-corrected chi connectivity index (χ4v) is 5.05. The SMILES string of the molecule is Cc1ccc(-c2c3ccccc3c(-c3ccc4c(c3)C=CCC4)c3ccccc23)cc1. The van der Waals surface area contributed by atoms with Crippen LogP contribution in [0.5, 0.6) is 0 Å². The van der Waals surface area contributed by atoms with E-state index in [4.69, 9.17) is 0 Å². The topological polar surface area (TPSA) is 0 Å². The summed E-state index contributed by atoms with van der Waals surface area (Å²) in [5, 5.41) is 5.26. The molecule has 0 saturated heterocycles. The Balaban J connectivity index is 1.73. The first kappa shape index (κ1) is 18.2. The summed E-state index contributed by atoms with van der Waals surface area (Å²) >= 11 is 0. The minimum atomic E-state index is 1.14. The molecule has 148 valence electrons. The van der Waals surface area contributed by atoms with Crippen LogP contribution in [0.15, 0.2) is 97.1 Å². The van der Waals surface area contributed by atoms with Crippen molar-refractivity contribution in [2.75, 3.05) is 0 Å². The molecule has 1 aliphatic rings. The predicted octanol–water partition coefficient (Wildman–Crippen LogP) is 8.59. The monoisotopic (exact) mass is 396 g/mol. The van der Waals surface area contributed by atoms with Crippen LogP contribution < -0.4 is 0 Å². The van der Waals surface area contributed by atoms with E-state index in [0.717, 1.165) is 12.8 Å². The molecule has 5 aromatic carbocycles. The summed E-state index contributed by atoms with van der Waals surface area (Å²) in [5.74, 6) is 0. The molecule has 0 nitrogen and oxygen atoms in total. The Hall–Kier alpha value is -3.64. The van der Waals surface area contributed by atoms with Crippen LogP contribution in [0.4, 0.5) is 0 Å². The summed E-state index contributed by atoms with van der Waals surface area (Å²) in [5.41, 5.74) is 9.34. The molecule has 0 aliphatic heterocycles. The molecule has 6 rings (SSSR count). The molecule has 0 atom stereocenters. The van der Waals surface area contributed by atoms with E-state index < -0.39 is 0 Å². The van der Waals surface area contributed by atoms with E-state index in [0.29, 0.717) is 0 Å². The lowest BCUT2D eigenvalue weighted by Gasteiger charge is -2.19. The number of aryl methyl sites for hydroxylation is 2. The van der Waals surface area contributed by atoms with E-state index in [1.54, 1.807) is 0 Å². The van der Waals surface area contributed by atoms with Gasteiger partial charge in [-0.2, -0.15) is 0 Å². The summed E-state index contributed by atoms with van der Waals surface area (Å²) in [6.45, 7) is 2.15. The molecule has 0 fully saturated rings. The fourth-order valence-electron chi connectivity index (χ4n) is 5.05. The molecule has 0 bridgehead atoms. The Labute approximate surface area is 183 Å². The lowest BCUT2D eigenvalue weighted by Crippen LogP contribution is -1.95. The van der Waals surface area contributed by atoms with Gasteiger partial charge in [-0.05, 0) is 80.8 Å². The van der Waals surface area contributed by atoms with E-state index in [2.05, 4.69) is 110 Å². The van der Waals surface area contributed by atoms with Gasteiger partial charge in [0.1, 0.15) is 0 Å². The van der Waals surface area contributed by atoms with Crippen LogP contribution in [0.2, 0.25) is 0 Å². The summed E-state index contributed by atoms with van der Waals surface area (Å²) < 4.78 is 0. The molecule has 0 amide bonds. The second kappa shape index (κ2) is 7.25. The number of hydrogen-bond acceptors (Lipinski definition) is 0. The highest BCUT2D eigenvalue weighted by atomic mass is 14.2. The third kappa shape index (κ3) is 2.99. The quantitative estimate of drug-likeness (QED) is 0.262. The molecule has 1 aliphatic carbocycles. The van der Waals surface area contributed by atoms with E-state index in [9.17, 15) is 0 Å². The Bertz CT molecular complexity index is 1410. The first-order valence-corrected chi connectivity index (χ1v) is 11.1. The Morgan fingerprint density at radius 2 is 1.13 bits per heavy atom. The van der Waals surface area contributed by atoms with Crippen molar-refractivity contribution in [2.45, 2.75) is 19.8 Å². The Kier molecular flexibility index (Phi) is 4.25. The second-order valence-electron chi connectivity index (χ2n) is 8.56. The molecule has 0 saturated carbocycles. The number of rotatable bonds is 2. The van der Waals surface area contributed by atoms with Crippen LogP contribution in [0, 0.1) is 6.92 Å². The largest absolute Gasteiger partial charge is 0.0836 e. The highest BCUT2D eigenvalue weighted by Crippen LogP contribution is 2.44. The third-order valence-electron chi connectivity index (χ3n) is 6.58. The van der Waals surface area contributed by atoms with Gasteiger partial charge in [-0.3, -0.25) is 0 Å². The minimum absolute atomic E-state index is 1.14. The van der Waals surface area contributed by atoms with Gasteiger partial charge in [-0.25, -0.2) is 0 Å². The summed E-state index contributed by atoms with van der Waals surface area (Å²) in [6, 6.07) is 33.7. The molecule has 0 radical (unpaired) electrons. The summed E-state index contributed by atoms with van der Waals surface area (Å²) in [7, 11) is 0.